The molecule has 1 saturated heterocycles. The van der Waals surface area contributed by atoms with E-state index < -0.39 is 16.2 Å². The molecule has 0 aliphatic carbocycles. The number of carbonyl (C=O) groups excluding carboxylic acids is 1. The van der Waals surface area contributed by atoms with Crippen molar-refractivity contribution in [3.63, 3.8) is 0 Å². The maximum atomic E-state index is 11.0. The number of ether oxygens (including phenoxy) is 1. The van der Waals surface area contributed by atoms with Crippen LogP contribution in [0.3, 0.4) is 0 Å². The highest BCUT2D eigenvalue weighted by Gasteiger charge is 2.12. The Hall–Kier alpha value is -0.700. The van der Waals surface area contributed by atoms with Crippen LogP contribution in [-0.4, -0.2) is 56.6 Å². The van der Waals surface area contributed by atoms with Crippen molar-refractivity contribution in [2.75, 3.05) is 32.8 Å². The third kappa shape index (κ3) is 6.01. The number of hydrogen-bond acceptors (Lipinski definition) is 5. The minimum atomic E-state index is -4.41. The third-order valence-electron chi connectivity index (χ3n) is 2.22. The highest BCUT2D eigenvalue weighted by molar-refractivity contribution is 7.84. The highest BCUT2D eigenvalue weighted by Crippen LogP contribution is 2.00. The highest BCUT2D eigenvalue weighted by atomic mass is 32.2. The summed E-state index contributed by atoms with van der Waals surface area (Å²) < 4.78 is 35.6. The summed E-state index contributed by atoms with van der Waals surface area (Å²) in [7, 11) is -4.41. The van der Waals surface area contributed by atoms with Gasteiger partial charge < -0.3 is 4.74 Å². The minimum Gasteiger partial charge on any atom is -0.379 e. The molecule has 0 spiro atoms. The molecule has 0 aromatic rings. The van der Waals surface area contributed by atoms with Crippen molar-refractivity contribution in [3.8, 4) is 0 Å². The molecule has 8 heteroatoms. The predicted octanol–water partition coefficient (Wildman–Crippen LogP) is -0.982. The third-order valence-corrected chi connectivity index (χ3v) is 2.71. The van der Waals surface area contributed by atoms with E-state index in [4.69, 9.17) is 9.29 Å². The van der Waals surface area contributed by atoms with Crippen LogP contribution in [0.25, 0.3) is 0 Å². The average molecular weight is 252 g/mol. The lowest BCUT2D eigenvalue weighted by Gasteiger charge is -2.26. The summed E-state index contributed by atoms with van der Waals surface area (Å²) >= 11 is 0. The lowest BCUT2D eigenvalue weighted by atomic mass is 10.2. The number of morpholine rings is 1. The van der Waals surface area contributed by atoms with Gasteiger partial charge in [-0.2, -0.15) is 8.42 Å². The molecule has 0 atom stereocenters. The van der Waals surface area contributed by atoms with E-state index in [1.807, 2.05) is 0 Å². The molecule has 1 aliphatic rings. The van der Waals surface area contributed by atoms with Crippen LogP contribution in [0.4, 0.5) is 0 Å². The van der Waals surface area contributed by atoms with Crippen molar-refractivity contribution in [2.24, 2.45) is 0 Å². The number of hydrogen-bond donors (Lipinski definition) is 2. The van der Waals surface area contributed by atoms with Crippen LogP contribution in [0.5, 0.6) is 0 Å². The molecule has 2 N–H and O–H groups in total. The summed E-state index contributed by atoms with van der Waals surface area (Å²) in [5, 5.41) is 0. The zero-order chi connectivity index (χ0) is 12.0. The van der Waals surface area contributed by atoms with Crippen LogP contribution in [-0.2, 0) is 19.8 Å². The van der Waals surface area contributed by atoms with Gasteiger partial charge in [0.15, 0.2) is 0 Å². The van der Waals surface area contributed by atoms with Gasteiger partial charge in [0.1, 0.15) is 0 Å². The zero-order valence-electron chi connectivity index (χ0n) is 8.89. The van der Waals surface area contributed by atoms with E-state index in [1.165, 1.54) is 4.72 Å². The van der Waals surface area contributed by atoms with Gasteiger partial charge in [0.2, 0.25) is 5.91 Å². The second kappa shape index (κ2) is 6.14. The van der Waals surface area contributed by atoms with Crippen LogP contribution < -0.4 is 4.72 Å². The molecule has 7 nitrogen and oxygen atoms in total. The zero-order valence-corrected chi connectivity index (χ0v) is 9.70. The standard InChI is InChI=1S/C8H16N2O5S/c11-8(9-16(12,13)14)2-1-3-10-4-6-15-7-5-10/h1-7H2,(H,9,11)(H,12,13,14). The van der Waals surface area contributed by atoms with Crippen LogP contribution in [0.1, 0.15) is 12.8 Å². The Balaban J connectivity index is 2.12. The number of carbonyl (C=O) groups is 1. The Morgan fingerprint density at radius 2 is 2.00 bits per heavy atom. The van der Waals surface area contributed by atoms with Crippen molar-refractivity contribution in [1.82, 2.24) is 9.62 Å². The minimum absolute atomic E-state index is 0.0805. The van der Waals surface area contributed by atoms with Crippen LogP contribution in [0.15, 0.2) is 0 Å². The lowest BCUT2D eigenvalue weighted by molar-refractivity contribution is -0.119. The quantitative estimate of drug-likeness (QED) is 0.610. The molecule has 1 heterocycles. The van der Waals surface area contributed by atoms with Gasteiger partial charge >= 0.3 is 10.3 Å². The Morgan fingerprint density at radius 1 is 1.38 bits per heavy atom. The van der Waals surface area contributed by atoms with Gasteiger partial charge in [-0.3, -0.25) is 14.2 Å². The van der Waals surface area contributed by atoms with E-state index in [9.17, 15) is 13.2 Å². The smallest absolute Gasteiger partial charge is 0.359 e. The molecule has 94 valence electrons. The predicted molar refractivity (Wildman–Crippen MR) is 56.2 cm³/mol. The molecule has 1 rings (SSSR count). The maximum Gasteiger partial charge on any atom is 0.359 e. The van der Waals surface area contributed by atoms with Gasteiger partial charge in [-0.25, -0.2) is 4.72 Å². The van der Waals surface area contributed by atoms with Gasteiger partial charge in [0, 0.05) is 19.5 Å². The van der Waals surface area contributed by atoms with Crippen molar-refractivity contribution in [3.05, 3.63) is 0 Å². The van der Waals surface area contributed by atoms with Crippen molar-refractivity contribution in [2.45, 2.75) is 12.8 Å². The summed E-state index contributed by atoms with van der Waals surface area (Å²) in [6.45, 7) is 3.77. The molecule has 0 unspecified atom stereocenters. The van der Waals surface area contributed by atoms with Crippen LogP contribution >= 0.6 is 0 Å². The molecule has 0 radical (unpaired) electrons. The first-order valence-electron chi connectivity index (χ1n) is 5.05. The van der Waals surface area contributed by atoms with E-state index in [0.29, 0.717) is 19.6 Å². The molecule has 0 bridgehead atoms. The summed E-state index contributed by atoms with van der Waals surface area (Å²) in [5.41, 5.74) is 0. The Bertz CT molecular complexity index is 323. The normalized spacial score (nSPS) is 18.3. The first-order valence-corrected chi connectivity index (χ1v) is 6.49. The molecule has 1 amide bonds. The van der Waals surface area contributed by atoms with E-state index in [-0.39, 0.29) is 6.42 Å². The summed E-state index contributed by atoms with van der Waals surface area (Å²) in [4.78, 5) is 13.1. The van der Waals surface area contributed by atoms with E-state index in [2.05, 4.69) is 4.90 Å². The second-order valence-corrected chi connectivity index (χ2v) is 4.71. The Labute approximate surface area is 94.6 Å². The molecule has 1 fully saturated rings. The van der Waals surface area contributed by atoms with Crippen molar-refractivity contribution < 1.29 is 22.5 Å². The number of amides is 1. The molecule has 0 aromatic carbocycles. The van der Waals surface area contributed by atoms with Gasteiger partial charge in [0.05, 0.1) is 13.2 Å². The van der Waals surface area contributed by atoms with Gasteiger partial charge in [0.25, 0.3) is 0 Å². The molecule has 1 aliphatic heterocycles. The van der Waals surface area contributed by atoms with Crippen LogP contribution in [0, 0.1) is 0 Å². The number of nitrogens with zero attached hydrogens (tertiary/aromatic N) is 1. The fourth-order valence-corrected chi connectivity index (χ4v) is 1.87. The first kappa shape index (κ1) is 13.4. The largest absolute Gasteiger partial charge is 0.379 e. The second-order valence-electron chi connectivity index (χ2n) is 3.56. The topological polar surface area (TPSA) is 95.9 Å². The number of rotatable bonds is 5. The van der Waals surface area contributed by atoms with Gasteiger partial charge in [-0.05, 0) is 13.0 Å². The maximum absolute atomic E-state index is 11.0. The van der Waals surface area contributed by atoms with Crippen molar-refractivity contribution >= 4 is 16.2 Å². The first-order chi connectivity index (χ1) is 7.47. The molecular weight excluding hydrogens is 236 g/mol. The molecule has 0 saturated carbocycles. The fourth-order valence-electron chi connectivity index (χ4n) is 1.48. The lowest BCUT2D eigenvalue weighted by Crippen LogP contribution is -2.37. The van der Waals surface area contributed by atoms with Crippen molar-refractivity contribution in [1.29, 1.82) is 0 Å². The van der Waals surface area contributed by atoms with E-state index >= 15 is 0 Å². The van der Waals surface area contributed by atoms with E-state index in [1.54, 1.807) is 0 Å². The Kier molecular flexibility index (Phi) is 5.13. The average Bonchev–Trinajstić information content (AvgIpc) is 2.16. The SMILES string of the molecule is O=C(CCCN1CCOCC1)NS(=O)(=O)O. The molecule has 0 aromatic heterocycles. The van der Waals surface area contributed by atoms with E-state index in [0.717, 1.165) is 19.6 Å². The Morgan fingerprint density at radius 3 is 2.56 bits per heavy atom. The summed E-state index contributed by atoms with van der Waals surface area (Å²) in [6, 6.07) is 0. The van der Waals surface area contributed by atoms with Gasteiger partial charge in [-0.15, -0.1) is 0 Å². The molecule has 16 heavy (non-hydrogen) atoms. The monoisotopic (exact) mass is 252 g/mol. The fraction of sp³-hybridized carbons (Fsp3) is 0.875. The van der Waals surface area contributed by atoms with Crippen LogP contribution in [0.2, 0.25) is 0 Å². The summed E-state index contributed by atoms with van der Waals surface area (Å²) in [6.07, 6.45) is 0.637. The summed E-state index contributed by atoms with van der Waals surface area (Å²) in [5.74, 6) is -0.684. The van der Waals surface area contributed by atoms with Gasteiger partial charge in [-0.1, -0.05) is 0 Å². The number of nitrogens with one attached hydrogen (secondary N) is 1. The molecular formula is C8H16N2O5S.